The molecule has 9 heteroatoms. The molecule has 0 spiro atoms. The van der Waals surface area contributed by atoms with Crippen LogP contribution in [0.2, 0.25) is 5.02 Å². The van der Waals surface area contributed by atoms with Crippen molar-refractivity contribution in [3.05, 3.63) is 77.8 Å². The van der Waals surface area contributed by atoms with Crippen molar-refractivity contribution in [3.63, 3.8) is 0 Å². The first-order chi connectivity index (χ1) is 15.2. The summed E-state index contributed by atoms with van der Waals surface area (Å²) in [6.07, 6.45) is 0. The molecular weight excluding hydrogens is 452 g/mol. The van der Waals surface area contributed by atoms with E-state index in [1.807, 2.05) is 30.3 Å². The van der Waals surface area contributed by atoms with Gasteiger partial charge in [-0.2, -0.15) is 0 Å². The molecule has 0 aromatic heterocycles. The van der Waals surface area contributed by atoms with Crippen LogP contribution in [0.4, 0.5) is 5.69 Å². The van der Waals surface area contributed by atoms with Crippen LogP contribution in [0.25, 0.3) is 0 Å². The molecule has 0 atom stereocenters. The third kappa shape index (κ3) is 6.71. The van der Waals surface area contributed by atoms with Crippen LogP contribution in [0, 0.1) is 0 Å². The lowest BCUT2D eigenvalue weighted by atomic mass is 10.3. The lowest BCUT2D eigenvalue weighted by molar-refractivity contribution is -0.118. The van der Waals surface area contributed by atoms with Crippen LogP contribution in [0.15, 0.2) is 77.7 Å². The summed E-state index contributed by atoms with van der Waals surface area (Å²) in [5.74, 6) is 1.17. The van der Waals surface area contributed by atoms with Crippen molar-refractivity contribution in [2.24, 2.45) is 0 Å². The zero-order valence-corrected chi connectivity index (χ0v) is 19.1. The van der Waals surface area contributed by atoms with Crippen LogP contribution in [0.3, 0.4) is 0 Å². The first-order valence-corrected chi connectivity index (χ1v) is 11.7. The van der Waals surface area contributed by atoms with Crippen LogP contribution in [0.5, 0.6) is 17.2 Å². The van der Waals surface area contributed by atoms with Gasteiger partial charge in [0, 0.05) is 11.7 Å². The molecule has 0 unspecified atom stereocenters. The Hall–Kier alpha value is -3.07. The molecule has 3 rings (SSSR count). The van der Waals surface area contributed by atoms with Crippen LogP contribution in [-0.4, -0.2) is 27.0 Å². The molecule has 32 heavy (non-hydrogen) atoms. The Morgan fingerprint density at radius 2 is 1.62 bits per heavy atom. The Balaban J connectivity index is 1.54. The second kappa shape index (κ2) is 10.5. The SMILES string of the molecule is CC(C)NS(=O)(=O)c1ccc(OCC(=O)Nc2ccc(Oc3ccccc3)cc2)c(Cl)c1. The summed E-state index contributed by atoms with van der Waals surface area (Å²) in [6, 6.07) is 20.1. The molecule has 0 saturated heterocycles. The molecule has 0 aliphatic rings. The van der Waals surface area contributed by atoms with E-state index in [9.17, 15) is 13.2 Å². The minimum atomic E-state index is -3.67. The molecule has 168 valence electrons. The van der Waals surface area contributed by atoms with Crippen molar-refractivity contribution in [1.29, 1.82) is 0 Å². The standard InChI is InChI=1S/C23H23ClN2O5S/c1-16(2)26-32(28,29)20-12-13-22(21(24)14-20)30-15-23(27)25-17-8-10-19(11-9-17)31-18-6-4-3-5-7-18/h3-14,16,26H,15H2,1-2H3,(H,25,27). The van der Waals surface area contributed by atoms with Crippen LogP contribution < -0.4 is 19.5 Å². The number of hydrogen-bond donors (Lipinski definition) is 2. The van der Waals surface area contributed by atoms with Crippen LogP contribution >= 0.6 is 11.6 Å². The highest BCUT2D eigenvalue weighted by molar-refractivity contribution is 7.89. The summed E-state index contributed by atoms with van der Waals surface area (Å²) in [5.41, 5.74) is 0.575. The maximum atomic E-state index is 12.2. The van der Waals surface area contributed by atoms with Crippen molar-refractivity contribution in [1.82, 2.24) is 4.72 Å². The van der Waals surface area contributed by atoms with E-state index in [4.69, 9.17) is 21.1 Å². The summed E-state index contributed by atoms with van der Waals surface area (Å²) in [7, 11) is -3.67. The number of rotatable bonds is 9. The highest BCUT2D eigenvalue weighted by Gasteiger charge is 2.17. The fourth-order valence-corrected chi connectivity index (χ4v) is 4.29. The Bertz CT molecular complexity index is 1170. The Kier molecular flexibility index (Phi) is 7.74. The molecular formula is C23H23ClN2O5S. The minimum absolute atomic E-state index is 0.0193. The average molecular weight is 475 g/mol. The Morgan fingerprint density at radius 1 is 0.969 bits per heavy atom. The second-order valence-corrected chi connectivity index (χ2v) is 9.27. The van der Waals surface area contributed by atoms with E-state index >= 15 is 0 Å². The van der Waals surface area contributed by atoms with Gasteiger partial charge in [0.05, 0.1) is 9.92 Å². The number of anilines is 1. The van der Waals surface area contributed by atoms with Crippen molar-refractivity contribution in [2.45, 2.75) is 24.8 Å². The van der Waals surface area contributed by atoms with Gasteiger partial charge >= 0.3 is 0 Å². The zero-order chi connectivity index (χ0) is 23.1. The van der Waals surface area contributed by atoms with E-state index in [0.29, 0.717) is 17.2 Å². The Morgan fingerprint density at radius 3 is 2.25 bits per heavy atom. The number of carbonyl (C=O) groups is 1. The molecule has 0 radical (unpaired) electrons. The van der Waals surface area contributed by atoms with Crippen molar-refractivity contribution < 1.29 is 22.7 Å². The van der Waals surface area contributed by atoms with Gasteiger partial charge in [0.1, 0.15) is 17.2 Å². The number of para-hydroxylation sites is 1. The lowest BCUT2D eigenvalue weighted by Crippen LogP contribution is -2.30. The monoisotopic (exact) mass is 474 g/mol. The lowest BCUT2D eigenvalue weighted by Gasteiger charge is -2.12. The van der Waals surface area contributed by atoms with Crippen LogP contribution in [-0.2, 0) is 14.8 Å². The molecule has 1 amide bonds. The maximum absolute atomic E-state index is 12.2. The first kappa shape index (κ1) is 23.6. The smallest absolute Gasteiger partial charge is 0.262 e. The van der Waals surface area contributed by atoms with E-state index in [2.05, 4.69) is 10.0 Å². The normalized spacial score (nSPS) is 11.2. The quantitative estimate of drug-likeness (QED) is 0.463. The summed E-state index contributed by atoms with van der Waals surface area (Å²) < 4.78 is 38.1. The number of ether oxygens (including phenoxy) is 2. The predicted molar refractivity (Wildman–Crippen MR) is 124 cm³/mol. The van der Waals surface area contributed by atoms with Gasteiger partial charge in [0.2, 0.25) is 10.0 Å². The molecule has 3 aromatic carbocycles. The van der Waals surface area contributed by atoms with E-state index in [1.165, 1.54) is 18.2 Å². The van der Waals surface area contributed by atoms with E-state index in [-0.39, 0.29) is 28.3 Å². The van der Waals surface area contributed by atoms with Gasteiger partial charge in [-0.1, -0.05) is 29.8 Å². The number of carbonyl (C=O) groups excluding carboxylic acids is 1. The van der Waals surface area contributed by atoms with Crippen LogP contribution in [0.1, 0.15) is 13.8 Å². The number of sulfonamides is 1. The highest BCUT2D eigenvalue weighted by atomic mass is 35.5. The van der Waals surface area contributed by atoms with Gasteiger partial charge in [-0.25, -0.2) is 13.1 Å². The summed E-state index contributed by atoms with van der Waals surface area (Å²) in [4.78, 5) is 12.2. The maximum Gasteiger partial charge on any atom is 0.262 e. The molecule has 3 aromatic rings. The molecule has 2 N–H and O–H groups in total. The van der Waals surface area contributed by atoms with Gasteiger partial charge in [-0.05, 0) is 68.4 Å². The van der Waals surface area contributed by atoms with Gasteiger partial charge in [0.15, 0.2) is 6.61 Å². The van der Waals surface area contributed by atoms with E-state index in [0.717, 1.165) is 0 Å². The average Bonchev–Trinajstić information content (AvgIpc) is 2.74. The first-order valence-electron chi connectivity index (χ1n) is 9.80. The third-order valence-corrected chi connectivity index (χ3v) is 6.03. The zero-order valence-electron chi connectivity index (χ0n) is 17.5. The van der Waals surface area contributed by atoms with Crippen molar-refractivity contribution in [2.75, 3.05) is 11.9 Å². The van der Waals surface area contributed by atoms with E-state index < -0.39 is 15.9 Å². The van der Waals surface area contributed by atoms with Gasteiger partial charge in [-0.3, -0.25) is 4.79 Å². The third-order valence-electron chi connectivity index (χ3n) is 4.08. The number of nitrogens with one attached hydrogen (secondary N) is 2. The number of benzene rings is 3. The molecule has 0 aliphatic carbocycles. The van der Waals surface area contributed by atoms with Gasteiger partial charge in [-0.15, -0.1) is 0 Å². The molecule has 0 bridgehead atoms. The second-order valence-electron chi connectivity index (χ2n) is 7.14. The summed E-state index contributed by atoms with van der Waals surface area (Å²) in [6.45, 7) is 3.15. The summed E-state index contributed by atoms with van der Waals surface area (Å²) >= 11 is 6.14. The number of hydrogen-bond acceptors (Lipinski definition) is 5. The van der Waals surface area contributed by atoms with Gasteiger partial charge < -0.3 is 14.8 Å². The highest BCUT2D eigenvalue weighted by Crippen LogP contribution is 2.27. The number of amides is 1. The van der Waals surface area contributed by atoms with Crippen molar-refractivity contribution in [3.8, 4) is 17.2 Å². The Labute approximate surface area is 192 Å². The molecule has 0 fully saturated rings. The van der Waals surface area contributed by atoms with Crippen molar-refractivity contribution >= 4 is 33.2 Å². The number of halogens is 1. The fourth-order valence-electron chi connectivity index (χ4n) is 2.72. The minimum Gasteiger partial charge on any atom is -0.482 e. The largest absolute Gasteiger partial charge is 0.482 e. The van der Waals surface area contributed by atoms with E-state index in [1.54, 1.807) is 38.1 Å². The molecule has 0 heterocycles. The fraction of sp³-hybridized carbons (Fsp3) is 0.174. The molecule has 0 aliphatic heterocycles. The topological polar surface area (TPSA) is 93.7 Å². The van der Waals surface area contributed by atoms with Gasteiger partial charge in [0.25, 0.3) is 5.91 Å². The predicted octanol–water partition coefficient (Wildman–Crippen LogP) is 4.84. The molecule has 7 nitrogen and oxygen atoms in total. The summed E-state index contributed by atoms with van der Waals surface area (Å²) in [5, 5.41) is 2.80. The molecule has 0 saturated carbocycles.